The van der Waals surface area contributed by atoms with Crippen LogP contribution < -0.4 is 14.8 Å². The van der Waals surface area contributed by atoms with Crippen LogP contribution in [-0.4, -0.2) is 45.2 Å². The number of dihydropyridines is 1. The fourth-order valence-corrected chi connectivity index (χ4v) is 4.59. The SMILES string of the molecule is COC(=O)[C@@H]1C(=O)C2=C(C[C@H]1C)NC(C)=C(C(=O)OC(C)C)[C@H]2c1ccc(OC)c(OC)c1. The highest BCUT2D eigenvalue weighted by Gasteiger charge is 2.47. The lowest BCUT2D eigenvalue weighted by Gasteiger charge is -2.38. The molecule has 3 atom stereocenters. The molecule has 0 spiro atoms. The molecule has 0 amide bonds. The maximum absolute atomic E-state index is 13.7. The molecule has 1 aromatic rings. The first-order chi connectivity index (χ1) is 15.6. The minimum absolute atomic E-state index is 0.251. The molecule has 178 valence electrons. The van der Waals surface area contributed by atoms with Crippen LogP contribution in [0.15, 0.2) is 40.7 Å². The van der Waals surface area contributed by atoms with Crippen molar-refractivity contribution in [3.05, 3.63) is 46.3 Å². The lowest BCUT2D eigenvalue weighted by molar-refractivity contribution is -0.151. The number of hydrogen-bond donors (Lipinski definition) is 1. The average Bonchev–Trinajstić information content (AvgIpc) is 2.76. The van der Waals surface area contributed by atoms with Crippen molar-refractivity contribution in [3.8, 4) is 11.5 Å². The third kappa shape index (κ3) is 4.47. The van der Waals surface area contributed by atoms with Crippen molar-refractivity contribution in [2.75, 3.05) is 21.3 Å². The fraction of sp³-hybridized carbons (Fsp3) is 0.480. The predicted molar refractivity (Wildman–Crippen MR) is 121 cm³/mol. The van der Waals surface area contributed by atoms with Gasteiger partial charge in [-0.25, -0.2) is 4.79 Å². The first-order valence-electron chi connectivity index (χ1n) is 10.9. The summed E-state index contributed by atoms with van der Waals surface area (Å²) in [5.74, 6) is -2.41. The van der Waals surface area contributed by atoms with E-state index < -0.39 is 23.8 Å². The first kappa shape index (κ1) is 24.4. The van der Waals surface area contributed by atoms with Gasteiger partial charge in [0.1, 0.15) is 5.92 Å². The van der Waals surface area contributed by atoms with E-state index in [1.165, 1.54) is 21.3 Å². The number of esters is 2. The summed E-state index contributed by atoms with van der Waals surface area (Å²) < 4.78 is 21.3. The van der Waals surface area contributed by atoms with Crippen LogP contribution >= 0.6 is 0 Å². The number of carbonyl (C=O) groups is 3. The number of methoxy groups -OCH3 is 3. The molecule has 0 saturated carbocycles. The van der Waals surface area contributed by atoms with E-state index in [4.69, 9.17) is 18.9 Å². The zero-order valence-electron chi connectivity index (χ0n) is 20.1. The third-order valence-corrected chi connectivity index (χ3v) is 6.05. The van der Waals surface area contributed by atoms with Crippen LogP contribution in [0.5, 0.6) is 11.5 Å². The number of benzene rings is 1. The molecule has 33 heavy (non-hydrogen) atoms. The smallest absolute Gasteiger partial charge is 0.337 e. The van der Waals surface area contributed by atoms with Crippen molar-refractivity contribution in [2.45, 2.75) is 46.1 Å². The molecule has 0 unspecified atom stereocenters. The van der Waals surface area contributed by atoms with Crippen molar-refractivity contribution in [1.29, 1.82) is 0 Å². The van der Waals surface area contributed by atoms with Gasteiger partial charge in [0.25, 0.3) is 0 Å². The van der Waals surface area contributed by atoms with Gasteiger partial charge in [-0.2, -0.15) is 0 Å². The Balaban J connectivity index is 2.23. The Labute approximate surface area is 193 Å². The summed E-state index contributed by atoms with van der Waals surface area (Å²) in [6.07, 6.45) is 0.123. The minimum atomic E-state index is -0.945. The normalized spacial score (nSPS) is 22.5. The molecule has 2 aliphatic rings. The summed E-state index contributed by atoms with van der Waals surface area (Å²) in [4.78, 5) is 39.4. The standard InChI is InChI=1S/C25H31NO7/c1-12(2)33-25(29)20-14(4)26-16-10-13(3)19(24(28)32-7)23(27)22(16)21(20)15-8-9-17(30-5)18(11-15)31-6/h8-9,11-13,19,21,26H,10H2,1-7H3/t13-,19+,21-/m1/s1. The second kappa shape index (κ2) is 9.68. The van der Waals surface area contributed by atoms with Crippen molar-refractivity contribution in [2.24, 2.45) is 11.8 Å². The summed E-state index contributed by atoms with van der Waals surface area (Å²) in [6.45, 7) is 7.16. The largest absolute Gasteiger partial charge is 0.493 e. The summed E-state index contributed by atoms with van der Waals surface area (Å²) >= 11 is 0. The number of rotatable bonds is 6. The highest BCUT2D eigenvalue weighted by Crippen LogP contribution is 2.46. The molecule has 1 heterocycles. The third-order valence-electron chi connectivity index (χ3n) is 6.05. The second-order valence-corrected chi connectivity index (χ2v) is 8.60. The molecule has 1 N–H and O–H groups in total. The van der Waals surface area contributed by atoms with Gasteiger partial charge in [-0.05, 0) is 50.8 Å². The van der Waals surface area contributed by atoms with Gasteiger partial charge in [0, 0.05) is 22.9 Å². The second-order valence-electron chi connectivity index (χ2n) is 8.60. The van der Waals surface area contributed by atoms with E-state index >= 15 is 0 Å². The lowest BCUT2D eigenvalue weighted by atomic mass is 9.69. The van der Waals surface area contributed by atoms with Crippen LogP contribution in [0.1, 0.15) is 45.6 Å². The Bertz CT molecular complexity index is 1040. The summed E-state index contributed by atoms with van der Waals surface area (Å²) in [6, 6.07) is 5.26. The number of ether oxygens (including phenoxy) is 4. The summed E-state index contributed by atoms with van der Waals surface area (Å²) in [7, 11) is 4.32. The highest BCUT2D eigenvalue weighted by molar-refractivity contribution is 6.12. The number of allylic oxidation sites excluding steroid dienone is 3. The molecule has 1 aromatic carbocycles. The van der Waals surface area contributed by atoms with Gasteiger partial charge >= 0.3 is 11.9 Å². The lowest BCUT2D eigenvalue weighted by Crippen LogP contribution is -2.43. The van der Waals surface area contributed by atoms with E-state index in [0.29, 0.717) is 46.0 Å². The van der Waals surface area contributed by atoms with Crippen LogP contribution in [0.25, 0.3) is 0 Å². The molecule has 0 radical (unpaired) electrons. The number of nitrogens with one attached hydrogen (secondary N) is 1. The molecule has 0 aromatic heterocycles. The van der Waals surface area contributed by atoms with Crippen LogP contribution in [0.4, 0.5) is 0 Å². The van der Waals surface area contributed by atoms with Gasteiger partial charge in [0.05, 0.1) is 33.0 Å². The van der Waals surface area contributed by atoms with E-state index in [0.717, 1.165) is 0 Å². The molecule has 8 heteroatoms. The van der Waals surface area contributed by atoms with Crippen molar-refractivity contribution >= 4 is 17.7 Å². The fourth-order valence-electron chi connectivity index (χ4n) is 4.59. The Morgan fingerprint density at radius 2 is 1.76 bits per heavy atom. The van der Waals surface area contributed by atoms with Crippen LogP contribution in [0, 0.1) is 11.8 Å². The first-order valence-corrected chi connectivity index (χ1v) is 10.9. The number of ketones is 1. The van der Waals surface area contributed by atoms with E-state index in [2.05, 4.69) is 5.32 Å². The van der Waals surface area contributed by atoms with E-state index in [9.17, 15) is 14.4 Å². The minimum Gasteiger partial charge on any atom is -0.493 e. The van der Waals surface area contributed by atoms with Crippen LogP contribution in [-0.2, 0) is 23.9 Å². The molecular formula is C25H31NO7. The molecule has 3 rings (SSSR count). The van der Waals surface area contributed by atoms with Gasteiger partial charge in [-0.1, -0.05) is 13.0 Å². The van der Waals surface area contributed by atoms with Crippen molar-refractivity contribution in [1.82, 2.24) is 5.32 Å². The van der Waals surface area contributed by atoms with E-state index in [-0.39, 0.29) is 17.8 Å². The van der Waals surface area contributed by atoms with E-state index in [1.54, 1.807) is 39.0 Å². The molecule has 0 saturated heterocycles. The summed E-state index contributed by atoms with van der Waals surface area (Å²) in [5.41, 5.74) is 2.66. The van der Waals surface area contributed by atoms with Gasteiger partial charge in [0.15, 0.2) is 17.3 Å². The average molecular weight is 458 g/mol. The number of Topliss-reactive ketones (excluding diaryl/α,β-unsaturated/α-hetero) is 1. The van der Waals surface area contributed by atoms with Crippen molar-refractivity contribution in [3.63, 3.8) is 0 Å². The van der Waals surface area contributed by atoms with Gasteiger partial charge in [-0.15, -0.1) is 0 Å². The highest BCUT2D eigenvalue weighted by atomic mass is 16.5. The van der Waals surface area contributed by atoms with E-state index in [1.807, 2.05) is 6.92 Å². The van der Waals surface area contributed by atoms with Crippen molar-refractivity contribution < 1.29 is 33.3 Å². The Morgan fingerprint density at radius 3 is 2.33 bits per heavy atom. The Hall–Kier alpha value is -3.29. The molecular weight excluding hydrogens is 426 g/mol. The van der Waals surface area contributed by atoms with Crippen LogP contribution in [0.3, 0.4) is 0 Å². The maximum atomic E-state index is 13.7. The topological polar surface area (TPSA) is 100 Å². The van der Waals surface area contributed by atoms with Gasteiger partial charge in [0.2, 0.25) is 0 Å². The predicted octanol–water partition coefficient (Wildman–Crippen LogP) is 3.27. The number of hydrogen-bond acceptors (Lipinski definition) is 8. The molecule has 1 aliphatic carbocycles. The van der Waals surface area contributed by atoms with Crippen LogP contribution in [0.2, 0.25) is 0 Å². The monoisotopic (exact) mass is 457 g/mol. The quantitative estimate of drug-likeness (QED) is 0.513. The number of carbonyl (C=O) groups excluding carboxylic acids is 3. The molecule has 1 aliphatic heterocycles. The zero-order valence-corrected chi connectivity index (χ0v) is 20.1. The molecule has 8 nitrogen and oxygen atoms in total. The van der Waals surface area contributed by atoms with Gasteiger partial charge < -0.3 is 24.3 Å². The molecule has 0 fully saturated rings. The Kier molecular flexibility index (Phi) is 7.15. The zero-order chi connectivity index (χ0) is 24.4. The van der Waals surface area contributed by atoms with Gasteiger partial charge in [-0.3, -0.25) is 9.59 Å². The molecule has 0 bridgehead atoms. The Morgan fingerprint density at radius 1 is 1.09 bits per heavy atom. The maximum Gasteiger partial charge on any atom is 0.337 e. The summed E-state index contributed by atoms with van der Waals surface area (Å²) in [5, 5.41) is 3.24.